The van der Waals surface area contributed by atoms with Crippen molar-refractivity contribution in [2.45, 2.75) is 45.1 Å². The first-order chi connectivity index (χ1) is 9.81. The molecule has 0 aliphatic carbocycles. The Kier molecular flexibility index (Phi) is 7.11. The van der Waals surface area contributed by atoms with Gasteiger partial charge in [0.1, 0.15) is 0 Å². The molecule has 1 amide bonds. The summed E-state index contributed by atoms with van der Waals surface area (Å²) < 4.78 is 0. The van der Waals surface area contributed by atoms with Gasteiger partial charge in [0.25, 0.3) is 0 Å². The molecule has 0 atom stereocenters. The average Bonchev–Trinajstić information content (AvgIpc) is 2.42. The molecule has 1 aliphatic heterocycles. The van der Waals surface area contributed by atoms with Gasteiger partial charge in [-0.2, -0.15) is 0 Å². The molecule has 2 N–H and O–H groups in total. The summed E-state index contributed by atoms with van der Waals surface area (Å²) in [5.74, 6) is -0.783. The maximum Gasteiger partial charge on any atom is 0.303 e. The zero-order valence-corrected chi connectivity index (χ0v) is 13.5. The fourth-order valence-electron chi connectivity index (χ4n) is 2.49. The molecule has 6 heteroatoms. The highest BCUT2D eigenvalue weighted by atomic mass is 16.4. The minimum atomic E-state index is -0.799. The van der Waals surface area contributed by atoms with Crippen LogP contribution in [0, 0.1) is 0 Å². The molecule has 0 radical (unpaired) electrons. The van der Waals surface area contributed by atoms with Crippen LogP contribution in [0.15, 0.2) is 0 Å². The highest BCUT2D eigenvalue weighted by Gasteiger charge is 2.29. The summed E-state index contributed by atoms with van der Waals surface area (Å²) in [5, 5.41) is 11.5. The van der Waals surface area contributed by atoms with Crippen LogP contribution < -0.4 is 5.32 Å². The lowest BCUT2D eigenvalue weighted by Gasteiger charge is -2.43. The molecule has 1 fully saturated rings. The third-order valence-corrected chi connectivity index (χ3v) is 4.12. The quantitative estimate of drug-likeness (QED) is 0.648. The van der Waals surface area contributed by atoms with E-state index in [2.05, 4.69) is 36.0 Å². The number of carboxylic acids is 1. The number of rotatable bonds is 8. The molecule has 0 aromatic rings. The summed E-state index contributed by atoms with van der Waals surface area (Å²) in [7, 11) is 2.13. The monoisotopic (exact) mass is 299 g/mol. The number of piperazine rings is 1. The smallest absolute Gasteiger partial charge is 0.303 e. The lowest BCUT2D eigenvalue weighted by Crippen LogP contribution is -2.57. The van der Waals surface area contributed by atoms with E-state index >= 15 is 0 Å². The number of hydrogen-bond acceptors (Lipinski definition) is 4. The second kappa shape index (κ2) is 8.34. The third kappa shape index (κ3) is 6.91. The molecule has 0 aromatic heterocycles. The zero-order valence-electron chi connectivity index (χ0n) is 13.5. The number of amides is 1. The first-order valence-corrected chi connectivity index (χ1v) is 7.73. The van der Waals surface area contributed by atoms with E-state index in [-0.39, 0.29) is 17.9 Å². The topological polar surface area (TPSA) is 72.9 Å². The van der Waals surface area contributed by atoms with E-state index in [1.807, 2.05) is 0 Å². The van der Waals surface area contributed by atoms with Crippen LogP contribution in [-0.2, 0) is 9.59 Å². The van der Waals surface area contributed by atoms with E-state index in [0.29, 0.717) is 25.8 Å². The van der Waals surface area contributed by atoms with Crippen LogP contribution in [0.1, 0.15) is 39.5 Å². The zero-order chi connectivity index (χ0) is 15.9. The van der Waals surface area contributed by atoms with Gasteiger partial charge in [-0.3, -0.25) is 14.5 Å². The van der Waals surface area contributed by atoms with Gasteiger partial charge in [-0.05, 0) is 33.7 Å². The summed E-state index contributed by atoms with van der Waals surface area (Å²) in [6.07, 6.45) is 1.74. The average molecular weight is 299 g/mol. The van der Waals surface area contributed by atoms with Gasteiger partial charge in [-0.1, -0.05) is 0 Å². The van der Waals surface area contributed by atoms with Crippen LogP contribution in [-0.4, -0.2) is 72.1 Å². The molecular weight excluding hydrogens is 270 g/mol. The predicted octanol–water partition coefficient (Wildman–Crippen LogP) is 0.774. The molecular formula is C15H29N3O3. The van der Waals surface area contributed by atoms with Crippen LogP contribution >= 0.6 is 0 Å². The number of carbonyl (C=O) groups excluding carboxylic acids is 1. The maximum atomic E-state index is 11.8. The SMILES string of the molecule is CN1CCN(C(C)(C)CNC(=O)CCCCC(=O)O)CC1. The Morgan fingerprint density at radius 2 is 1.67 bits per heavy atom. The Morgan fingerprint density at radius 3 is 2.24 bits per heavy atom. The number of hydrogen-bond donors (Lipinski definition) is 2. The van der Waals surface area contributed by atoms with Crippen LogP contribution in [0.2, 0.25) is 0 Å². The molecule has 0 unspecified atom stereocenters. The Labute approximate surface area is 127 Å². The van der Waals surface area contributed by atoms with Crippen LogP contribution in [0.5, 0.6) is 0 Å². The normalized spacial score (nSPS) is 17.7. The van der Waals surface area contributed by atoms with Gasteiger partial charge in [0.15, 0.2) is 0 Å². The number of carbonyl (C=O) groups is 2. The van der Waals surface area contributed by atoms with Crippen molar-refractivity contribution in [2.24, 2.45) is 0 Å². The van der Waals surface area contributed by atoms with Crippen molar-refractivity contribution in [3.05, 3.63) is 0 Å². The van der Waals surface area contributed by atoms with E-state index in [1.54, 1.807) is 0 Å². The molecule has 1 aliphatic rings. The summed E-state index contributed by atoms with van der Waals surface area (Å²) in [6.45, 7) is 9.12. The van der Waals surface area contributed by atoms with Crippen molar-refractivity contribution in [2.75, 3.05) is 39.8 Å². The van der Waals surface area contributed by atoms with Crippen molar-refractivity contribution in [1.82, 2.24) is 15.1 Å². The summed E-state index contributed by atoms with van der Waals surface area (Å²) in [5.41, 5.74) is -0.0437. The van der Waals surface area contributed by atoms with E-state index < -0.39 is 5.97 Å². The van der Waals surface area contributed by atoms with Crippen LogP contribution in [0.25, 0.3) is 0 Å². The van der Waals surface area contributed by atoms with Crippen molar-refractivity contribution in [3.63, 3.8) is 0 Å². The number of likely N-dealkylation sites (N-methyl/N-ethyl adjacent to an activating group) is 1. The summed E-state index contributed by atoms with van der Waals surface area (Å²) in [6, 6.07) is 0. The van der Waals surface area contributed by atoms with E-state index in [4.69, 9.17) is 5.11 Å². The first-order valence-electron chi connectivity index (χ1n) is 7.73. The highest BCUT2D eigenvalue weighted by molar-refractivity contribution is 5.76. The molecule has 6 nitrogen and oxygen atoms in total. The van der Waals surface area contributed by atoms with Gasteiger partial charge in [0.2, 0.25) is 5.91 Å². The Bertz CT molecular complexity index is 350. The molecule has 122 valence electrons. The number of nitrogens with zero attached hydrogens (tertiary/aromatic N) is 2. The first kappa shape index (κ1) is 17.9. The molecule has 1 saturated heterocycles. The van der Waals surface area contributed by atoms with Gasteiger partial charge in [0.05, 0.1) is 0 Å². The van der Waals surface area contributed by atoms with Gasteiger partial charge in [-0.25, -0.2) is 0 Å². The Balaban J connectivity index is 2.22. The van der Waals surface area contributed by atoms with E-state index in [0.717, 1.165) is 26.2 Å². The van der Waals surface area contributed by atoms with Gasteiger partial charge in [0, 0.05) is 51.1 Å². The molecule has 1 rings (SSSR count). The van der Waals surface area contributed by atoms with Crippen LogP contribution in [0.3, 0.4) is 0 Å². The molecule has 0 saturated carbocycles. The van der Waals surface area contributed by atoms with Crippen molar-refractivity contribution >= 4 is 11.9 Å². The molecule has 21 heavy (non-hydrogen) atoms. The molecule has 0 bridgehead atoms. The minimum Gasteiger partial charge on any atom is -0.481 e. The summed E-state index contributed by atoms with van der Waals surface area (Å²) in [4.78, 5) is 26.9. The number of nitrogens with one attached hydrogen (secondary N) is 1. The third-order valence-electron chi connectivity index (χ3n) is 4.12. The Hall–Kier alpha value is -1.14. The number of unbranched alkanes of at least 4 members (excludes halogenated alkanes) is 1. The largest absolute Gasteiger partial charge is 0.481 e. The van der Waals surface area contributed by atoms with Crippen molar-refractivity contribution in [1.29, 1.82) is 0 Å². The second-order valence-corrected chi connectivity index (χ2v) is 6.48. The lowest BCUT2D eigenvalue weighted by molar-refractivity contribution is -0.137. The standard InChI is InChI=1S/C15H29N3O3/c1-15(2,18-10-8-17(3)9-11-18)12-16-13(19)6-4-5-7-14(20)21/h4-12H2,1-3H3,(H,16,19)(H,20,21). The van der Waals surface area contributed by atoms with Gasteiger partial charge in [-0.15, -0.1) is 0 Å². The highest BCUT2D eigenvalue weighted by Crippen LogP contribution is 2.15. The van der Waals surface area contributed by atoms with E-state index in [1.165, 1.54) is 0 Å². The van der Waals surface area contributed by atoms with Crippen LogP contribution in [0.4, 0.5) is 0 Å². The maximum absolute atomic E-state index is 11.8. The predicted molar refractivity (Wildman–Crippen MR) is 82.3 cm³/mol. The van der Waals surface area contributed by atoms with Gasteiger partial charge < -0.3 is 15.3 Å². The summed E-state index contributed by atoms with van der Waals surface area (Å²) >= 11 is 0. The second-order valence-electron chi connectivity index (χ2n) is 6.48. The molecule has 0 aromatic carbocycles. The van der Waals surface area contributed by atoms with Crippen molar-refractivity contribution < 1.29 is 14.7 Å². The fraction of sp³-hybridized carbons (Fsp3) is 0.867. The molecule has 0 spiro atoms. The lowest BCUT2D eigenvalue weighted by atomic mass is 10.0. The number of carboxylic acid groups (broad SMARTS) is 1. The molecule has 1 heterocycles. The fourth-order valence-corrected chi connectivity index (χ4v) is 2.49. The van der Waals surface area contributed by atoms with E-state index in [9.17, 15) is 9.59 Å². The Morgan fingerprint density at radius 1 is 1.10 bits per heavy atom. The van der Waals surface area contributed by atoms with Crippen molar-refractivity contribution in [3.8, 4) is 0 Å². The number of aliphatic carboxylic acids is 1. The van der Waals surface area contributed by atoms with Gasteiger partial charge >= 0.3 is 5.97 Å². The minimum absolute atomic E-state index is 0.0163.